The van der Waals surface area contributed by atoms with Gasteiger partial charge in [0.2, 0.25) is 16.2 Å². The Morgan fingerprint density at radius 1 is 1.13 bits per heavy atom. The van der Waals surface area contributed by atoms with Crippen molar-refractivity contribution in [3.8, 4) is 10.9 Å². The van der Waals surface area contributed by atoms with E-state index in [9.17, 15) is 4.79 Å². The minimum absolute atomic E-state index is 0.00763. The summed E-state index contributed by atoms with van der Waals surface area (Å²) in [6.45, 7) is 5.66. The van der Waals surface area contributed by atoms with Gasteiger partial charge in [0, 0.05) is 35.4 Å². The molecule has 1 amide bonds. The molecule has 158 valence electrons. The zero-order valence-electron chi connectivity index (χ0n) is 17.2. The van der Waals surface area contributed by atoms with E-state index in [-0.39, 0.29) is 11.8 Å². The van der Waals surface area contributed by atoms with Crippen LogP contribution in [0.3, 0.4) is 0 Å². The predicted molar refractivity (Wildman–Crippen MR) is 120 cm³/mol. The largest absolute Gasteiger partial charge is 0.495 e. The van der Waals surface area contributed by atoms with Crippen LogP contribution in [0.15, 0.2) is 30.3 Å². The molecule has 30 heavy (non-hydrogen) atoms. The molecule has 1 aromatic carbocycles. The number of ether oxygens (including phenoxy) is 1. The molecule has 1 fully saturated rings. The summed E-state index contributed by atoms with van der Waals surface area (Å²) in [6.07, 6.45) is 1.51. The minimum atomic E-state index is -0.0636. The lowest BCUT2D eigenvalue weighted by molar-refractivity contribution is -0.120. The maximum absolute atomic E-state index is 12.8. The van der Waals surface area contributed by atoms with Gasteiger partial charge in [-0.1, -0.05) is 22.9 Å². The van der Waals surface area contributed by atoms with Crippen LogP contribution in [-0.4, -0.2) is 40.9 Å². The highest BCUT2D eigenvalue weighted by Crippen LogP contribution is 2.31. The summed E-state index contributed by atoms with van der Waals surface area (Å²) in [4.78, 5) is 15.0. The number of nitrogens with one attached hydrogen (secondary N) is 1. The van der Waals surface area contributed by atoms with Crippen LogP contribution in [0, 0.1) is 19.8 Å². The normalized spacial score (nSPS) is 14.7. The number of methoxy groups -OCH3 is 1. The molecule has 1 aliphatic rings. The number of hydrogen-bond acceptors (Lipinski definition) is 6. The van der Waals surface area contributed by atoms with Gasteiger partial charge in [-0.25, -0.2) is 0 Å². The van der Waals surface area contributed by atoms with Crippen molar-refractivity contribution in [1.29, 1.82) is 0 Å². The third-order valence-corrected chi connectivity index (χ3v) is 6.63. The first-order valence-corrected chi connectivity index (χ1v) is 11.0. The molecule has 0 radical (unpaired) electrons. The molecule has 9 heteroatoms. The quantitative estimate of drug-likeness (QED) is 0.627. The van der Waals surface area contributed by atoms with Crippen molar-refractivity contribution >= 4 is 39.7 Å². The molecular weight excluding hydrogens is 422 g/mol. The molecule has 1 saturated heterocycles. The van der Waals surface area contributed by atoms with Crippen LogP contribution >= 0.6 is 22.9 Å². The van der Waals surface area contributed by atoms with Crippen molar-refractivity contribution in [2.24, 2.45) is 5.92 Å². The first-order valence-electron chi connectivity index (χ1n) is 9.84. The van der Waals surface area contributed by atoms with E-state index in [1.54, 1.807) is 36.6 Å². The van der Waals surface area contributed by atoms with Crippen molar-refractivity contribution < 1.29 is 9.53 Å². The molecule has 0 aliphatic carbocycles. The van der Waals surface area contributed by atoms with Crippen molar-refractivity contribution in [3.05, 3.63) is 46.7 Å². The molecule has 3 heterocycles. The Kier molecular flexibility index (Phi) is 5.97. The molecule has 2 aromatic heterocycles. The average Bonchev–Trinajstić information content (AvgIpc) is 3.34. The first-order chi connectivity index (χ1) is 14.5. The molecular formula is C21H24ClN5O2S. The van der Waals surface area contributed by atoms with E-state index >= 15 is 0 Å². The van der Waals surface area contributed by atoms with E-state index in [0.717, 1.165) is 47.6 Å². The van der Waals surface area contributed by atoms with Gasteiger partial charge in [0.05, 0.1) is 12.8 Å². The van der Waals surface area contributed by atoms with Gasteiger partial charge < -0.3 is 15.0 Å². The number of benzene rings is 1. The van der Waals surface area contributed by atoms with E-state index < -0.39 is 0 Å². The van der Waals surface area contributed by atoms with Crippen LogP contribution in [0.5, 0.6) is 5.75 Å². The zero-order chi connectivity index (χ0) is 21.3. The second kappa shape index (κ2) is 8.65. The Bertz CT molecular complexity index is 1040. The van der Waals surface area contributed by atoms with Gasteiger partial charge in [-0.3, -0.25) is 9.36 Å². The number of carbonyl (C=O) groups is 1. The third-order valence-electron chi connectivity index (χ3n) is 5.42. The lowest BCUT2D eigenvalue weighted by Crippen LogP contribution is -2.38. The maximum atomic E-state index is 12.8. The summed E-state index contributed by atoms with van der Waals surface area (Å²) in [5.74, 6) is 0.528. The lowest BCUT2D eigenvalue weighted by atomic mass is 9.96. The number of halogens is 1. The molecule has 1 aliphatic heterocycles. The topological polar surface area (TPSA) is 72.3 Å². The van der Waals surface area contributed by atoms with Crippen molar-refractivity contribution in [3.63, 3.8) is 0 Å². The standard InChI is InChI=1S/C21H24ClN5O2S/c1-13-4-5-14(2)27(13)21-25-24-20(30-21)26-10-8-15(9-11-26)19(28)23-17-12-16(22)6-7-18(17)29-3/h4-7,12,15H,8-11H2,1-3H3,(H,23,28). The van der Waals surface area contributed by atoms with Crippen LogP contribution in [0.25, 0.3) is 5.13 Å². The number of aromatic nitrogens is 3. The number of aryl methyl sites for hydroxylation is 2. The molecule has 0 bridgehead atoms. The Hall–Kier alpha value is -2.58. The molecule has 0 spiro atoms. The van der Waals surface area contributed by atoms with Gasteiger partial charge in [-0.05, 0) is 57.0 Å². The highest BCUT2D eigenvalue weighted by atomic mass is 35.5. The van der Waals surface area contributed by atoms with E-state index in [2.05, 4.69) is 51.0 Å². The van der Waals surface area contributed by atoms with Crippen molar-refractivity contribution in [2.45, 2.75) is 26.7 Å². The number of anilines is 2. The van der Waals surface area contributed by atoms with Gasteiger partial charge in [0.25, 0.3) is 0 Å². The highest BCUT2D eigenvalue weighted by molar-refractivity contribution is 7.17. The fourth-order valence-electron chi connectivity index (χ4n) is 3.74. The summed E-state index contributed by atoms with van der Waals surface area (Å²) < 4.78 is 7.43. The summed E-state index contributed by atoms with van der Waals surface area (Å²) in [5.41, 5.74) is 2.88. The Labute approximate surface area is 184 Å². The lowest BCUT2D eigenvalue weighted by Gasteiger charge is -2.30. The summed E-state index contributed by atoms with van der Waals surface area (Å²) in [6, 6.07) is 9.36. The summed E-state index contributed by atoms with van der Waals surface area (Å²) >= 11 is 7.64. The summed E-state index contributed by atoms with van der Waals surface area (Å²) in [5, 5.41) is 14.1. The fourth-order valence-corrected chi connectivity index (χ4v) is 4.93. The summed E-state index contributed by atoms with van der Waals surface area (Å²) in [7, 11) is 1.57. The Balaban J connectivity index is 1.39. The molecule has 0 atom stereocenters. The molecule has 0 saturated carbocycles. The molecule has 0 unspecified atom stereocenters. The van der Waals surface area contributed by atoms with Crippen LogP contribution in [0.4, 0.5) is 10.8 Å². The SMILES string of the molecule is COc1ccc(Cl)cc1NC(=O)C1CCN(c2nnc(-n3c(C)ccc3C)s2)CC1. The van der Waals surface area contributed by atoms with Crippen LogP contribution < -0.4 is 15.0 Å². The van der Waals surface area contributed by atoms with E-state index in [0.29, 0.717) is 16.5 Å². The van der Waals surface area contributed by atoms with Gasteiger partial charge in [0.1, 0.15) is 5.75 Å². The smallest absolute Gasteiger partial charge is 0.227 e. The van der Waals surface area contributed by atoms with E-state index in [1.807, 2.05) is 0 Å². The van der Waals surface area contributed by atoms with Gasteiger partial charge in [-0.2, -0.15) is 0 Å². The monoisotopic (exact) mass is 445 g/mol. The number of rotatable bonds is 5. The van der Waals surface area contributed by atoms with Crippen LogP contribution in [-0.2, 0) is 4.79 Å². The number of nitrogens with zero attached hydrogens (tertiary/aromatic N) is 4. The van der Waals surface area contributed by atoms with Crippen LogP contribution in [0.2, 0.25) is 5.02 Å². The van der Waals surface area contributed by atoms with E-state index in [4.69, 9.17) is 16.3 Å². The van der Waals surface area contributed by atoms with E-state index in [1.165, 1.54) is 0 Å². The second-order valence-corrected chi connectivity index (χ2v) is 8.78. The van der Waals surface area contributed by atoms with Gasteiger partial charge in [0.15, 0.2) is 0 Å². The number of hydrogen-bond donors (Lipinski definition) is 1. The van der Waals surface area contributed by atoms with Crippen molar-refractivity contribution in [2.75, 3.05) is 30.4 Å². The fraction of sp³-hybridized carbons (Fsp3) is 0.381. The highest BCUT2D eigenvalue weighted by Gasteiger charge is 2.27. The maximum Gasteiger partial charge on any atom is 0.227 e. The van der Waals surface area contributed by atoms with Gasteiger partial charge >= 0.3 is 0 Å². The van der Waals surface area contributed by atoms with Crippen LogP contribution in [0.1, 0.15) is 24.2 Å². The first kappa shape index (κ1) is 20.7. The second-order valence-electron chi connectivity index (χ2n) is 7.41. The number of amides is 1. The molecule has 7 nitrogen and oxygen atoms in total. The van der Waals surface area contributed by atoms with Gasteiger partial charge in [-0.15, -0.1) is 10.2 Å². The number of piperidine rings is 1. The molecule has 4 rings (SSSR count). The molecule has 1 N–H and O–H groups in total. The Morgan fingerprint density at radius 2 is 1.80 bits per heavy atom. The Morgan fingerprint density at radius 3 is 2.47 bits per heavy atom. The third kappa shape index (κ3) is 4.15. The average molecular weight is 446 g/mol. The molecule has 3 aromatic rings. The minimum Gasteiger partial charge on any atom is -0.495 e. The number of carbonyl (C=O) groups excluding carboxylic acids is 1. The zero-order valence-corrected chi connectivity index (χ0v) is 18.8. The predicted octanol–water partition coefficient (Wildman–Crippen LogP) is 4.46. The van der Waals surface area contributed by atoms with Crippen molar-refractivity contribution in [1.82, 2.24) is 14.8 Å².